The Kier molecular flexibility index (Phi) is 4.32. The lowest BCUT2D eigenvalue weighted by molar-refractivity contribution is -0.144. The molecule has 0 amide bonds. The Morgan fingerprint density at radius 1 is 1.26 bits per heavy atom. The van der Waals surface area contributed by atoms with Crippen LogP contribution >= 0.6 is 0 Å². The van der Waals surface area contributed by atoms with E-state index in [0.717, 1.165) is 4.57 Å². The van der Waals surface area contributed by atoms with Crippen LogP contribution in [-0.4, -0.2) is 17.1 Å². The van der Waals surface area contributed by atoms with Crippen molar-refractivity contribution in [3.63, 3.8) is 0 Å². The third-order valence-electron chi connectivity index (χ3n) is 3.01. The van der Waals surface area contributed by atoms with Gasteiger partial charge >= 0.3 is 12.1 Å². The second kappa shape index (κ2) is 5.27. The average molecular weight is 277 g/mol. The summed E-state index contributed by atoms with van der Waals surface area (Å²) in [5.74, 6) is -0.715. The molecule has 0 saturated heterocycles. The number of rotatable bonds is 3. The van der Waals surface area contributed by atoms with E-state index in [1.807, 2.05) is 0 Å². The van der Waals surface area contributed by atoms with Gasteiger partial charge in [-0.05, 0) is 45.7 Å². The number of carbonyl (C=O) groups excluding carboxylic acids is 1. The van der Waals surface area contributed by atoms with E-state index in [0.29, 0.717) is 5.56 Å². The van der Waals surface area contributed by atoms with Gasteiger partial charge in [0.25, 0.3) is 0 Å². The van der Waals surface area contributed by atoms with Crippen molar-refractivity contribution in [3.8, 4) is 0 Å². The summed E-state index contributed by atoms with van der Waals surface area (Å²) in [5, 5.41) is 0. The Bertz CT molecular complexity index is 487. The Balaban J connectivity index is 3.60. The highest BCUT2D eigenvalue weighted by Gasteiger charge is 2.40. The zero-order valence-electron chi connectivity index (χ0n) is 11.7. The molecule has 0 radical (unpaired) electrons. The van der Waals surface area contributed by atoms with E-state index in [1.54, 1.807) is 20.8 Å². The molecule has 19 heavy (non-hydrogen) atoms. The summed E-state index contributed by atoms with van der Waals surface area (Å²) >= 11 is 0. The van der Waals surface area contributed by atoms with Gasteiger partial charge in [0.1, 0.15) is 11.4 Å². The first-order valence-electron chi connectivity index (χ1n) is 6.08. The zero-order valence-corrected chi connectivity index (χ0v) is 11.7. The lowest BCUT2D eigenvalue weighted by Crippen LogP contribution is -2.21. The molecule has 1 aromatic heterocycles. The van der Waals surface area contributed by atoms with Crippen LogP contribution in [0.5, 0.6) is 0 Å². The van der Waals surface area contributed by atoms with Gasteiger partial charge in [-0.1, -0.05) is 0 Å². The van der Waals surface area contributed by atoms with Gasteiger partial charge in [-0.25, -0.2) is 4.79 Å². The van der Waals surface area contributed by atoms with Crippen molar-refractivity contribution in [2.24, 2.45) is 0 Å². The molecule has 0 N–H and O–H groups in total. The van der Waals surface area contributed by atoms with Crippen molar-refractivity contribution in [1.82, 2.24) is 4.57 Å². The van der Waals surface area contributed by atoms with Crippen LogP contribution in [0.25, 0.3) is 0 Å². The van der Waals surface area contributed by atoms with Gasteiger partial charge in [-0.2, -0.15) is 13.2 Å². The Hall–Kier alpha value is -1.46. The lowest BCUT2D eigenvalue weighted by atomic mass is 10.1. The molecule has 0 aliphatic carbocycles. The Morgan fingerprint density at radius 2 is 1.79 bits per heavy atom. The quantitative estimate of drug-likeness (QED) is 0.785. The molecular weight excluding hydrogens is 259 g/mol. The normalized spacial score (nSPS) is 12.1. The monoisotopic (exact) mass is 277 g/mol. The highest BCUT2D eigenvalue weighted by molar-refractivity contribution is 5.90. The maximum Gasteiger partial charge on any atom is 0.431 e. The molecule has 0 spiro atoms. The van der Waals surface area contributed by atoms with Crippen LogP contribution in [0, 0.1) is 13.8 Å². The van der Waals surface area contributed by atoms with Crippen molar-refractivity contribution in [3.05, 3.63) is 22.5 Å². The van der Waals surface area contributed by atoms with Crippen LogP contribution in [-0.2, 0) is 10.9 Å². The lowest BCUT2D eigenvalue weighted by Gasteiger charge is -2.18. The fraction of sp³-hybridized carbons (Fsp3) is 0.615. The second-order valence-corrected chi connectivity index (χ2v) is 4.63. The SMILES string of the molecule is CCOC(=O)c1c(C)c(C)c(C(F)(F)F)n1C(C)C. The van der Waals surface area contributed by atoms with Crippen molar-refractivity contribution >= 4 is 5.97 Å². The highest BCUT2D eigenvalue weighted by atomic mass is 19.4. The van der Waals surface area contributed by atoms with Crippen molar-refractivity contribution < 1.29 is 22.7 Å². The van der Waals surface area contributed by atoms with Crippen molar-refractivity contribution in [2.45, 2.75) is 46.8 Å². The molecule has 0 saturated carbocycles. The van der Waals surface area contributed by atoms with E-state index in [9.17, 15) is 18.0 Å². The molecule has 1 heterocycles. The van der Waals surface area contributed by atoms with Gasteiger partial charge in [0.2, 0.25) is 0 Å². The maximum absolute atomic E-state index is 13.1. The number of carbonyl (C=O) groups is 1. The molecule has 0 aliphatic rings. The average Bonchev–Trinajstić information content (AvgIpc) is 2.52. The first-order valence-corrected chi connectivity index (χ1v) is 6.08. The minimum absolute atomic E-state index is 0.0123. The van der Waals surface area contributed by atoms with E-state index >= 15 is 0 Å². The smallest absolute Gasteiger partial charge is 0.431 e. The van der Waals surface area contributed by atoms with Crippen LogP contribution in [0.1, 0.15) is 54.1 Å². The molecule has 0 atom stereocenters. The van der Waals surface area contributed by atoms with E-state index < -0.39 is 23.9 Å². The van der Waals surface area contributed by atoms with E-state index in [-0.39, 0.29) is 17.9 Å². The number of nitrogens with zero attached hydrogens (tertiary/aromatic N) is 1. The summed E-state index contributed by atoms with van der Waals surface area (Å²) in [4.78, 5) is 11.9. The minimum atomic E-state index is -4.50. The Morgan fingerprint density at radius 3 is 2.16 bits per heavy atom. The number of halogens is 3. The Labute approximate surface area is 110 Å². The van der Waals surface area contributed by atoms with E-state index in [1.165, 1.54) is 13.8 Å². The molecule has 0 aromatic carbocycles. The number of hydrogen-bond acceptors (Lipinski definition) is 2. The third kappa shape index (κ3) is 2.77. The van der Waals surface area contributed by atoms with Crippen LogP contribution in [0.3, 0.4) is 0 Å². The maximum atomic E-state index is 13.1. The van der Waals surface area contributed by atoms with Gasteiger partial charge in [-0.15, -0.1) is 0 Å². The van der Waals surface area contributed by atoms with Crippen molar-refractivity contribution in [2.75, 3.05) is 6.61 Å². The standard InChI is InChI=1S/C13H18F3NO2/c1-6-19-12(18)10-8(4)9(5)11(13(14,15)16)17(10)7(2)3/h7H,6H2,1-5H3. The number of ether oxygens (including phenoxy) is 1. The summed E-state index contributed by atoms with van der Waals surface area (Å²) in [6.07, 6.45) is -4.50. The molecule has 0 aliphatic heterocycles. The predicted octanol–water partition coefficient (Wildman–Crippen LogP) is 3.88. The molecule has 3 nitrogen and oxygen atoms in total. The van der Waals surface area contributed by atoms with Crippen LogP contribution in [0.4, 0.5) is 13.2 Å². The fourth-order valence-corrected chi connectivity index (χ4v) is 2.14. The molecule has 1 aromatic rings. The van der Waals surface area contributed by atoms with Crippen LogP contribution in [0.2, 0.25) is 0 Å². The second-order valence-electron chi connectivity index (χ2n) is 4.63. The van der Waals surface area contributed by atoms with Gasteiger partial charge in [-0.3, -0.25) is 0 Å². The van der Waals surface area contributed by atoms with E-state index in [2.05, 4.69) is 0 Å². The zero-order chi connectivity index (χ0) is 15.0. The van der Waals surface area contributed by atoms with Gasteiger partial charge < -0.3 is 9.30 Å². The van der Waals surface area contributed by atoms with Crippen LogP contribution in [0.15, 0.2) is 0 Å². The minimum Gasteiger partial charge on any atom is -0.461 e. The number of alkyl halides is 3. The molecule has 0 bridgehead atoms. The summed E-state index contributed by atoms with van der Waals surface area (Å²) in [5.41, 5.74) is -0.395. The summed E-state index contributed by atoms with van der Waals surface area (Å²) in [6.45, 7) is 7.85. The molecule has 1 rings (SSSR count). The number of esters is 1. The summed E-state index contributed by atoms with van der Waals surface area (Å²) in [6, 6.07) is -0.483. The first-order chi connectivity index (χ1) is 8.62. The predicted molar refractivity (Wildman–Crippen MR) is 65.2 cm³/mol. The van der Waals surface area contributed by atoms with Crippen molar-refractivity contribution in [1.29, 1.82) is 0 Å². The summed E-state index contributed by atoms with van der Waals surface area (Å²) < 4.78 is 45.3. The first kappa shape index (κ1) is 15.6. The summed E-state index contributed by atoms with van der Waals surface area (Å²) in [7, 11) is 0. The highest BCUT2D eigenvalue weighted by Crippen LogP contribution is 2.38. The van der Waals surface area contributed by atoms with Gasteiger partial charge in [0, 0.05) is 6.04 Å². The van der Waals surface area contributed by atoms with Gasteiger partial charge in [0.05, 0.1) is 6.61 Å². The third-order valence-corrected chi connectivity index (χ3v) is 3.01. The largest absolute Gasteiger partial charge is 0.461 e. The van der Waals surface area contributed by atoms with Gasteiger partial charge in [0.15, 0.2) is 0 Å². The molecule has 0 fully saturated rings. The van der Waals surface area contributed by atoms with Crippen LogP contribution < -0.4 is 0 Å². The molecule has 0 unspecified atom stereocenters. The molecule has 108 valence electrons. The molecular formula is C13H18F3NO2. The topological polar surface area (TPSA) is 31.2 Å². The number of hydrogen-bond donors (Lipinski definition) is 0. The fourth-order valence-electron chi connectivity index (χ4n) is 2.14. The van der Waals surface area contributed by atoms with E-state index in [4.69, 9.17) is 4.74 Å². The molecule has 6 heteroatoms. The number of aromatic nitrogens is 1.